The number of hydrogen-bond donors (Lipinski definition) is 3. The van der Waals surface area contributed by atoms with E-state index in [1.165, 1.54) is 12.1 Å². The number of carbonyl (C=O) groups excluding carboxylic acids is 2. The molecule has 0 aromatic heterocycles. The number of nitrogens with one attached hydrogen (secondary N) is 3. The van der Waals surface area contributed by atoms with Gasteiger partial charge in [-0.2, -0.15) is 0 Å². The van der Waals surface area contributed by atoms with Crippen molar-refractivity contribution >= 4 is 21.8 Å². The summed E-state index contributed by atoms with van der Waals surface area (Å²) in [5.74, 6) is -0.912. The third-order valence-corrected chi connectivity index (χ3v) is 5.20. The van der Waals surface area contributed by atoms with Gasteiger partial charge >= 0.3 is 0 Å². The molecule has 2 amide bonds. The molecule has 0 unspecified atom stereocenters. The number of amides is 2. The fourth-order valence-corrected chi connectivity index (χ4v) is 3.24. The van der Waals surface area contributed by atoms with Crippen LogP contribution in [0.2, 0.25) is 0 Å². The summed E-state index contributed by atoms with van der Waals surface area (Å²) in [5.41, 5.74) is 2.04. The van der Waals surface area contributed by atoms with Crippen LogP contribution in [0.3, 0.4) is 0 Å². The zero-order valence-electron chi connectivity index (χ0n) is 15.1. The SMILES string of the molecule is Cc1ccc(S(=O)(=O)NCC(=O)NCC(=O)NCCc2ccccc2)cc1. The molecule has 0 aliphatic rings. The van der Waals surface area contributed by atoms with Gasteiger partial charge in [-0.25, -0.2) is 13.1 Å². The second-order valence-corrected chi connectivity index (χ2v) is 7.77. The van der Waals surface area contributed by atoms with Crippen molar-refractivity contribution in [3.05, 3.63) is 65.7 Å². The summed E-state index contributed by atoms with van der Waals surface area (Å²) >= 11 is 0. The largest absolute Gasteiger partial charge is 0.354 e. The Kier molecular flexibility index (Phi) is 7.51. The van der Waals surface area contributed by atoms with Crippen molar-refractivity contribution in [3.8, 4) is 0 Å². The molecule has 2 rings (SSSR count). The maximum atomic E-state index is 12.1. The van der Waals surface area contributed by atoms with E-state index in [1.54, 1.807) is 12.1 Å². The summed E-state index contributed by atoms with van der Waals surface area (Å²) in [5, 5.41) is 5.08. The highest BCUT2D eigenvalue weighted by molar-refractivity contribution is 7.89. The minimum atomic E-state index is -3.77. The first kappa shape index (κ1) is 20.6. The topological polar surface area (TPSA) is 104 Å². The number of benzene rings is 2. The highest BCUT2D eigenvalue weighted by Crippen LogP contribution is 2.09. The highest BCUT2D eigenvalue weighted by Gasteiger charge is 2.15. The predicted molar refractivity (Wildman–Crippen MR) is 103 cm³/mol. The first-order valence-corrected chi connectivity index (χ1v) is 9.99. The van der Waals surface area contributed by atoms with Gasteiger partial charge in [0, 0.05) is 6.54 Å². The van der Waals surface area contributed by atoms with Crippen molar-refractivity contribution in [2.24, 2.45) is 0 Å². The zero-order chi connectivity index (χ0) is 19.7. The number of hydrogen-bond acceptors (Lipinski definition) is 4. The van der Waals surface area contributed by atoms with Crippen LogP contribution in [0.5, 0.6) is 0 Å². The average Bonchev–Trinajstić information content (AvgIpc) is 2.66. The van der Waals surface area contributed by atoms with Gasteiger partial charge in [0.15, 0.2) is 0 Å². The Bertz CT molecular complexity index is 866. The molecule has 27 heavy (non-hydrogen) atoms. The van der Waals surface area contributed by atoms with Gasteiger partial charge in [0.2, 0.25) is 21.8 Å². The third kappa shape index (κ3) is 7.20. The van der Waals surface area contributed by atoms with Gasteiger partial charge in [-0.15, -0.1) is 0 Å². The number of sulfonamides is 1. The standard InChI is InChI=1S/C19H23N3O4S/c1-15-7-9-17(10-8-15)27(25,26)22-14-19(24)21-13-18(23)20-12-11-16-5-3-2-4-6-16/h2-10,22H,11-14H2,1H3,(H,20,23)(H,21,24). The summed E-state index contributed by atoms with van der Waals surface area (Å²) < 4.78 is 26.4. The minimum Gasteiger partial charge on any atom is -0.354 e. The fraction of sp³-hybridized carbons (Fsp3) is 0.263. The Hall–Kier alpha value is -2.71. The highest BCUT2D eigenvalue weighted by atomic mass is 32.2. The van der Waals surface area contributed by atoms with Crippen LogP contribution in [0.25, 0.3) is 0 Å². The summed E-state index contributed by atoms with van der Waals surface area (Å²) in [6.07, 6.45) is 0.691. The maximum Gasteiger partial charge on any atom is 0.241 e. The Balaban J connectivity index is 1.68. The lowest BCUT2D eigenvalue weighted by Crippen LogP contribution is -2.42. The smallest absolute Gasteiger partial charge is 0.241 e. The van der Waals surface area contributed by atoms with E-state index < -0.39 is 22.5 Å². The van der Waals surface area contributed by atoms with Crippen LogP contribution in [-0.2, 0) is 26.0 Å². The van der Waals surface area contributed by atoms with Crippen LogP contribution in [0, 0.1) is 6.92 Å². The molecule has 0 saturated carbocycles. The van der Waals surface area contributed by atoms with Crippen LogP contribution in [0.1, 0.15) is 11.1 Å². The predicted octanol–water partition coefficient (Wildman–Crippen LogP) is 0.748. The molecule has 0 aliphatic heterocycles. The molecule has 8 heteroatoms. The van der Waals surface area contributed by atoms with Crippen LogP contribution in [0.4, 0.5) is 0 Å². The molecular formula is C19H23N3O4S. The molecular weight excluding hydrogens is 366 g/mol. The molecule has 0 radical (unpaired) electrons. The van der Waals surface area contributed by atoms with Gasteiger partial charge in [-0.3, -0.25) is 9.59 Å². The lowest BCUT2D eigenvalue weighted by atomic mass is 10.1. The molecule has 0 bridgehead atoms. The molecule has 0 atom stereocenters. The van der Waals surface area contributed by atoms with Gasteiger partial charge in [0.25, 0.3) is 0 Å². The van der Waals surface area contributed by atoms with Gasteiger partial charge < -0.3 is 10.6 Å². The van der Waals surface area contributed by atoms with E-state index in [0.717, 1.165) is 11.1 Å². The molecule has 0 heterocycles. The Morgan fingerprint density at radius 2 is 1.48 bits per heavy atom. The van der Waals surface area contributed by atoms with E-state index in [2.05, 4.69) is 15.4 Å². The molecule has 3 N–H and O–H groups in total. The van der Waals surface area contributed by atoms with E-state index >= 15 is 0 Å². The number of aryl methyl sites for hydroxylation is 1. The van der Waals surface area contributed by atoms with Crippen molar-refractivity contribution in [2.45, 2.75) is 18.2 Å². The zero-order valence-corrected chi connectivity index (χ0v) is 15.9. The van der Waals surface area contributed by atoms with Crippen LogP contribution < -0.4 is 15.4 Å². The summed E-state index contributed by atoms with van der Waals surface area (Å²) in [4.78, 5) is 23.6. The summed E-state index contributed by atoms with van der Waals surface area (Å²) in [6.45, 7) is 1.66. The molecule has 0 fully saturated rings. The first-order chi connectivity index (χ1) is 12.9. The number of rotatable bonds is 9. The van der Waals surface area contributed by atoms with E-state index in [9.17, 15) is 18.0 Å². The Morgan fingerprint density at radius 1 is 0.852 bits per heavy atom. The summed E-state index contributed by atoms with van der Waals surface area (Å²) in [7, 11) is -3.77. The number of carbonyl (C=O) groups is 2. The second kappa shape index (κ2) is 9.84. The van der Waals surface area contributed by atoms with Crippen molar-refractivity contribution < 1.29 is 18.0 Å². The van der Waals surface area contributed by atoms with Crippen molar-refractivity contribution in [2.75, 3.05) is 19.6 Å². The van der Waals surface area contributed by atoms with Gasteiger partial charge in [0.1, 0.15) is 0 Å². The minimum absolute atomic E-state index is 0.0829. The quantitative estimate of drug-likeness (QED) is 0.589. The van der Waals surface area contributed by atoms with Crippen molar-refractivity contribution in [3.63, 3.8) is 0 Å². The lowest BCUT2D eigenvalue weighted by Gasteiger charge is -2.09. The molecule has 0 saturated heterocycles. The third-order valence-electron chi connectivity index (χ3n) is 3.78. The molecule has 0 spiro atoms. The normalized spacial score (nSPS) is 11.0. The fourth-order valence-electron chi connectivity index (χ4n) is 2.26. The first-order valence-electron chi connectivity index (χ1n) is 8.50. The van der Waals surface area contributed by atoms with Gasteiger partial charge in [-0.1, -0.05) is 48.0 Å². The molecule has 2 aromatic carbocycles. The molecule has 2 aromatic rings. The Labute approximate surface area is 159 Å². The second-order valence-electron chi connectivity index (χ2n) is 6.00. The van der Waals surface area contributed by atoms with Crippen LogP contribution in [0.15, 0.2) is 59.5 Å². The van der Waals surface area contributed by atoms with Crippen LogP contribution >= 0.6 is 0 Å². The average molecular weight is 389 g/mol. The van der Waals surface area contributed by atoms with E-state index in [4.69, 9.17) is 0 Å². The van der Waals surface area contributed by atoms with Gasteiger partial charge in [0.05, 0.1) is 18.0 Å². The van der Waals surface area contributed by atoms with Crippen molar-refractivity contribution in [1.29, 1.82) is 0 Å². The van der Waals surface area contributed by atoms with Gasteiger partial charge in [-0.05, 0) is 31.0 Å². The maximum absolute atomic E-state index is 12.1. The monoisotopic (exact) mass is 389 g/mol. The molecule has 7 nitrogen and oxygen atoms in total. The van der Waals surface area contributed by atoms with E-state index in [1.807, 2.05) is 37.3 Å². The lowest BCUT2D eigenvalue weighted by molar-refractivity contribution is -0.125. The van der Waals surface area contributed by atoms with E-state index in [0.29, 0.717) is 13.0 Å². The molecule has 0 aliphatic carbocycles. The summed E-state index contributed by atoms with van der Waals surface area (Å²) in [6, 6.07) is 16.0. The van der Waals surface area contributed by atoms with Crippen LogP contribution in [-0.4, -0.2) is 39.9 Å². The Morgan fingerprint density at radius 3 is 2.15 bits per heavy atom. The van der Waals surface area contributed by atoms with E-state index in [-0.39, 0.29) is 17.3 Å². The van der Waals surface area contributed by atoms with Crippen molar-refractivity contribution in [1.82, 2.24) is 15.4 Å². The molecule has 144 valence electrons.